The zero-order valence-corrected chi connectivity index (χ0v) is 11.6. The summed E-state index contributed by atoms with van der Waals surface area (Å²) < 4.78 is 0. The molecule has 19 heavy (non-hydrogen) atoms. The van der Waals surface area contributed by atoms with E-state index in [0.717, 1.165) is 18.8 Å². The number of aryl methyl sites for hydroxylation is 1. The van der Waals surface area contributed by atoms with Crippen molar-refractivity contribution in [3.8, 4) is 0 Å². The van der Waals surface area contributed by atoms with Crippen molar-refractivity contribution in [2.45, 2.75) is 20.3 Å². The smallest absolute Gasteiger partial charge is 0.136 e. The number of rotatable bonds is 5. The van der Waals surface area contributed by atoms with Gasteiger partial charge in [-0.2, -0.15) is 0 Å². The van der Waals surface area contributed by atoms with Crippen molar-refractivity contribution in [3.05, 3.63) is 53.7 Å². The fraction of sp³-hybridized carbons (Fsp3) is 0.312. The number of nitrogens with two attached hydrogens (primary N) is 1. The zero-order valence-electron chi connectivity index (χ0n) is 11.6. The van der Waals surface area contributed by atoms with E-state index in [-0.39, 0.29) is 0 Å². The molecule has 1 aromatic carbocycles. The number of aromatic nitrogens is 1. The molecule has 0 atom stereocenters. The second kappa shape index (κ2) is 6.34. The van der Waals surface area contributed by atoms with Crippen molar-refractivity contribution in [1.29, 1.82) is 0 Å². The Balaban J connectivity index is 2.42. The van der Waals surface area contributed by atoms with Crippen molar-refractivity contribution in [2.75, 3.05) is 18.0 Å². The Labute approximate surface area is 115 Å². The van der Waals surface area contributed by atoms with Crippen molar-refractivity contribution in [2.24, 2.45) is 5.73 Å². The van der Waals surface area contributed by atoms with Crippen LogP contribution in [0.25, 0.3) is 0 Å². The molecule has 2 N–H and O–H groups in total. The predicted molar refractivity (Wildman–Crippen MR) is 80.9 cm³/mol. The highest BCUT2D eigenvalue weighted by atomic mass is 15.2. The summed E-state index contributed by atoms with van der Waals surface area (Å²) in [6.07, 6.45) is 2.69. The van der Waals surface area contributed by atoms with Crippen molar-refractivity contribution in [1.82, 2.24) is 4.98 Å². The Morgan fingerprint density at radius 1 is 1.21 bits per heavy atom. The second-order valence-electron chi connectivity index (χ2n) is 4.61. The molecule has 0 aliphatic rings. The molecule has 0 bridgehead atoms. The molecule has 0 radical (unpaired) electrons. The molecule has 0 spiro atoms. The number of benzene rings is 1. The molecular formula is C16H21N3. The highest BCUT2D eigenvalue weighted by Gasteiger charge is 2.12. The minimum absolute atomic E-state index is 0.643. The van der Waals surface area contributed by atoms with Gasteiger partial charge in [0.05, 0.1) is 0 Å². The third-order valence-electron chi connectivity index (χ3n) is 3.17. The molecule has 3 heteroatoms. The summed E-state index contributed by atoms with van der Waals surface area (Å²) >= 11 is 0. The maximum atomic E-state index is 5.69. The fourth-order valence-electron chi connectivity index (χ4n) is 2.27. The number of hydrogen-bond donors (Lipinski definition) is 1. The minimum Gasteiger partial charge on any atom is -0.330 e. The molecule has 1 aromatic heterocycles. The molecule has 0 aliphatic heterocycles. The summed E-state index contributed by atoms with van der Waals surface area (Å²) in [4.78, 5) is 6.78. The van der Waals surface area contributed by atoms with E-state index in [1.54, 1.807) is 0 Å². The van der Waals surface area contributed by atoms with Crippen LogP contribution in [0.2, 0.25) is 0 Å². The van der Waals surface area contributed by atoms with E-state index < -0.39 is 0 Å². The van der Waals surface area contributed by atoms with Crippen LogP contribution in [0.3, 0.4) is 0 Å². The van der Waals surface area contributed by atoms with Gasteiger partial charge in [-0.25, -0.2) is 4.98 Å². The van der Waals surface area contributed by atoms with Crippen molar-refractivity contribution < 1.29 is 0 Å². The van der Waals surface area contributed by atoms with Crippen LogP contribution < -0.4 is 10.6 Å². The predicted octanol–water partition coefficient (Wildman–Crippen LogP) is 3.05. The second-order valence-corrected chi connectivity index (χ2v) is 4.61. The van der Waals surface area contributed by atoms with E-state index in [9.17, 15) is 0 Å². The van der Waals surface area contributed by atoms with Crippen LogP contribution in [-0.2, 0) is 6.42 Å². The highest BCUT2D eigenvalue weighted by molar-refractivity contribution is 5.63. The van der Waals surface area contributed by atoms with Gasteiger partial charge in [0.2, 0.25) is 0 Å². The summed E-state index contributed by atoms with van der Waals surface area (Å²) in [5.74, 6) is 1.01. The lowest BCUT2D eigenvalue weighted by atomic mass is 10.1. The molecule has 0 fully saturated rings. The van der Waals surface area contributed by atoms with Crippen LogP contribution in [0.5, 0.6) is 0 Å². The summed E-state index contributed by atoms with van der Waals surface area (Å²) in [5, 5.41) is 0. The highest BCUT2D eigenvalue weighted by Crippen LogP contribution is 2.27. The standard InChI is InChI=1S/C16H21N3/c1-3-19(15-8-4-6-13(2)12-15)16-14(9-10-17)7-5-11-18-16/h4-8,11-12H,3,9-10,17H2,1-2H3. The molecule has 0 unspecified atom stereocenters. The number of anilines is 2. The molecule has 2 rings (SSSR count). The largest absolute Gasteiger partial charge is 0.330 e. The minimum atomic E-state index is 0.643. The summed E-state index contributed by atoms with van der Waals surface area (Å²) in [6.45, 7) is 5.78. The number of nitrogens with zero attached hydrogens (tertiary/aromatic N) is 2. The van der Waals surface area contributed by atoms with Crippen LogP contribution >= 0.6 is 0 Å². The average Bonchev–Trinajstić information content (AvgIpc) is 2.42. The van der Waals surface area contributed by atoms with Crippen LogP contribution in [-0.4, -0.2) is 18.1 Å². The van der Waals surface area contributed by atoms with Gasteiger partial charge in [0, 0.05) is 18.4 Å². The monoisotopic (exact) mass is 255 g/mol. The van der Waals surface area contributed by atoms with Gasteiger partial charge < -0.3 is 10.6 Å². The van der Waals surface area contributed by atoms with Crippen molar-refractivity contribution in [3.63, 3.8) is 0 Å². The quantitative estimate of drug-likeness (QED) is 0.893. The number of hydrogen-bond acceptors (Lipinski definition) is 3. The van der Waals surface area contributed by atoms with Gasteiger partial charge in [0.15, 0.2) is 0 Å². The first-order valence-electron chi connectivity index (χ1n) is 6.74. The molecule has 2 aromatic rings. The Morgan fingerprint density at radius 3 is 2.74 bits per heavy atom. The molecule has 0 saturated heterocycles. The first-order valence-corrected chi connectivity index (χ1v) is 6.74. The summed E-state index contributed by atoms with van der Waals surface area (Å²) in [7, 11) is 0. The van der Waals surface area contributed by atoms with Gasteiger partial charge in [-0.15, -0.1) is 0 Å². The van der Waals surface area contributed by atoms with Gasteiger partial charge in [0.25, 0.3) is 0 Å². The van der Waals surface area contributed by atoms with Crippen LogP contribution in [0.1, 0.15) is 18.1 Å². The molecule has 100 valence electrons. The molecule has 1 heterocycles. The molecular weight excluding hydrogens is 234 g/mol. The Morgan fingerprint density at radius 2 is 2.05 bits per heavy atom. The average molecular weight is 255 g/mol. The van der Waals surface area contributed by atoms with Crippen LogP contribution in [0.4, 0.5) is 11.5 Å². The topological polar surface area (TPSA) is 42.2 Å². The Bertz CT molecular complexity index is 537. The maximum absolute atomic E-state index is 5.69. The molecule has 0 saturated carbocycles. The van der Waals surface area contributed by atoms with Gasteiger partial charge in [0.1, 0.15) is 5.82 Å². The number of pyridine rings is 1. The lowest BCUT2D eigenvalue weighted by molar-refractivity contribution is 0.919. The molecule has 0 amide bonds. The third-order valence-corrected chi connectivity index (χ3v) is 3.17. The van der Waals surface area contributed by atoms with E-state index in [2.05, 4.69) is 54.1 Å². The van der Waals surface area contributed by atoms with E-state index >= 15 is 0 Å². The fourth-order valence-corrected chi connectivity index (χ4v) is 2.27. The summed E-state index contributed by atoms with van der Waals surface area (Å²) in [6, 6.07) is 12.6. The first-order chi connectivity index (χ1) is 9.26. The van der Waals surface area contributed by atoms with E-state index in [1.165, 1.54) is 16.8 Å². The maximum Gasteiger partial charge on any atom is 0.136 e. The molecule has 0 aliphatic carbocycles. The lowest BCUT2D eigenvalue weighted by Crippen LogP contribution is -2.20. The Kier molecular flexibility index (Phi) is 4.53. The SMILES string of the molecule is CCN(c1cccc(C)c1)c1ncccc1CCN. The van der Waals surface area contributed by atoms with E-state index in [1.807, 2.05) is 12.3 Å². The van der Waals surface area contributed by atoms with Gasteiger partial charge in [-0.05, 0) is 56.1 Å². The first kappa shape index (κ1) is 13.6. The van der Waals surface area contributed by atoms with Gasteiger partial charge in [-0.1, -0.05) is 18.2 Å². The van der Waals surface area contributed by atoms with Gasteiger partial charge in [-0.3, -0.25) is 0 Å². The van der Waals surface area contributed by atoms with Gasteiger partial charge >= 0.3 is 0 Å². The van der Waals surface area contributed by atoms with Crippen molar-refractivity contribution >= 4 is 11.5 Å². The van der Waals surface area contributed by atoms with E-state index in [4.69, 9.17) is 5.73 Å². The molecule has 3 nitrogen and oxygen atoms in total. The van der Waals surface area contributed by atoms with E-state index in [0.29, 0.717) is 6.54 Å². The lowest BCUT2D eigenvalue weighted by Gasteiger charge is -2.24. The third kappa shape index (κ3) is 3.12. The normalized spacial score (nSPS) is 10.5. The van der Waals surface area contributed by atoms with Crippen LogP contribution in [0, 0.1) is 6.92 Å². The zero-order chi connectivity index (χ0) is 13.7. The summed E-state index contributed by atoms with van der Waals surface area (Å²) in [5.41, 5.74) is 9.33. The Hall–Kier alpha value is -1.87. The van der Waals surface area contributed by atoms with Crippen LogP contribution in [0.15, 0.2) is 42.6 Å².